The summed E-state index contributed by atoms with van der Waals surface area (Å²) in [6.07, 6.45) is 2.16. The second-order valence-corrected chi connectivity index (χ2v) is 11.3. The van der Waals surface area contributed by atoms with E-state index in [0.717, 1.165) is 12.7 Å². The lowest BCUT2D eigenvalue weighted by Gasteiger charge is -2.33. The lowest BCUT2D eigenvalue weighted by Crippen LogP contribution is -2.47. The van der Waals surface area contributed by atoms with Crippen LogP contribution in [0.25, 0.3) is 0 Å². The maximum atomic E-state index is 13.0. The van der Waals surface area contributed by atoms with Gasteiger partial charge in [-0.15, -0.1) is 0 Å². The number of esters is 1. The predicted molar refractivity (Wildman–Crippen MR) is 149 cm³/mol. The third kappa shape index (κ3) is 10.4. The first-order valence-corrected chi connectivity index (χ1v) is 14.4. The van der Waals surface area contributed by atoms with Gasteiger partial charge in [-0.2, -0.15) is 4.72 Å². The van der Waals surface area contributed by atoms with Crippen molar-refractivity contribution in [2.24, 2.45) is 5.73 Å². The van der Waals surface area contributed by atoms with E-state index in [4.69, 9.17) is 15.2 Å². The first-order chi connectivity index (χ1) is 18.9. The fourth-order valence-corrected chi connectivity index (χ4v) is 6.10. The van der Waals surface area contributed by atoms with Gasteiger partial charge in [0.05, 0.1) is 17.6 Å². The minimum Gasteiger partial charge on any atom is -0.468 e. The molecule has 0 fully saturated rings. The molecule has 5 N–H and O–H groups in total. The van der Waals surface area contributed by atoms with Gasteiger partial charge in [-0.3, -0.25) is 9.59 Å². The maximum Gasteiger partial charge on any atom is 0.407 e. The number of rotatable bonds is 15. The smallest absolute Gasteiger partial charge is 0.407 e. The largest absolute Gasteiger partial charge is 0.468 e. The number of carbonyl (C=O) groups excluding carboxylic acids is 3. The average Bonchev–Trinajstić information content (AvgIpc) is 2.90. The molecule has 12 nitrogen and oxygen atoms in total. The Morgan fingerprint density at radius 2 is 1.77 bits per heavy atom. The average molecular weight is 581 g/mol. The van der Waals surface area contributed by atoms with Crippen LogP contribution >= 0.6 is 0 Å². The number of hydrogen-bond donors (Lipinski definition) is 4. The van der Waals surface area contributed by atoms with Gasteiger partial charge >= 0.3 is 12.1 Å². The van der Waals surface area contributed by atoms with Crippen molar-refractivity contribution in [2.75, 3.05) is 33.4 Å². The van der Waals surface area contributed by atoms with Crippen LogP contribution in [0.3, 0.4) is 0 Å². The molecule has 2 atom stereocenters. The highest BCUT2D eigenvalue weighted by Crippen LogP contribution is 2.36. The molecular formula is C27H40N4O8S. The number of amides is 2. The van der Waals surface area contributed by atoms with E-state index in [1.807, 2.05) is 37.3 Å². The molecule has 1 unspecified atom stereocenters. The summed E-state index contributed by atoms with van der Waals surface area (Å²) in [5.74, 6) is -0.948. The lowest BCUT2D eigenvalue weighted by atomic mass is 9.88. The minimum atomic E-state index is -4.03. The van der Waals surface area contributed by atoms with E-state index in [0.29, 0.717) is 24.0 Å². The van der Waals surface area contributed by atoms with E-state index in [1.54, 1.807) is 19.9 Å². The van der Waals surface area contributed by atoms with Crippen molar-refractivity contribution in [1.82, 2.24) is 15.4 Å². The van der Waals surface area contributed by atoms with Crippen molar-refractivity contribution in [3.8, 4) is 0 Å². The quantitative estimate of drug-likeness (QED) is 0.177. The number of alkyl carbamates (subject to hydrolysis) is 1. The number of benzene rings is 1. The molecule has 1 aromatic rings. The molecule has 0 aliphatic heterocycles. The molecule has 0 aromatic heterocycles. The summed E-state index contributed by atoms with van der Waals surface area (Å²) in [5.41, 5.74) is 6.71. The van der Waals surface area contributed by atoms with Crippen LogP contribution in [0, 0.1) is 0 Å². The second-order valence-electron chi connectivity index (χ2n) is 9.65. The molecule has 222 valence electrons. The molecular weight excluding hydrogens is 540 g/mol. The SMILES string of the molecule is COC(=O)[C@@H](CN)NS(=O)(=O)C1=C(C)CC(C)(OCCCC(=O)NCCNC(=O)OCc2ccccc2)C=C1C. The molecule has 2 amide bonds. The van der Waals surface area contributed by atoms with Crippen molar-refractivity contribution in [2.45, 2.75) is 58.3 Å². The Morgan fingerprint density at radius 3 is 2.40 bits per heavy atom. The molecule has 0 heterocycles. The summed E-state index contributed by atoms with van der Waals surface area (Å²) < 4.78 is 44.0. The Hall–Kier alpha value is -3.26. The van der Waals surface area contributed by atoms with Crippen LogP contribution in [-0.4, -0.2) is 71.4 Å². The second kappa shape index (κ2) is 15.5. The van der Waals surface area contributed by atoms with Crippen LogP contribution in [0.2, 0.25) is 0 Å². The fourth-order valence-electron chi connectivity index (χ4n) is 4.40. The van der Waals surface area contributed by atoms with Crippen molar-refractivity contribution in [1.29, 1.82) is 0 Å². The van der Waals surface area contributed by atoms with Crippen molar-refractivity contribution in [3.63, 3.8) is 0 Å². The first kappa shape index (κ1) is 32.9. The monoisotopic (exact) mass is 580 g/mol. The van der Waals surface area contributed by atoms with Crippen LogP contribution in [0.1, 0.15) is 45.6 Å². The molecule has 40 heavy (non-hydrogen) atoms. The molecule has 13 heteroatoms. The van der Waals surface area contributed by atoms with E-state index < -0.39 is 33.7 Å². The number of carbonyl (C=O) groups is 3. The van der Waals surface area contributed by atoms with E-state index >= 15 is 0 Å². The van der Waals surface area contributed by atoms with Crippen LogP contribution in [-0.2, 0) is 40.4 Å². The highest BCUT2D eigenvalue weighted by atomic mass is 32.2. The number of nitrogens with two attached hydrogens (primary N) is 1. The molecule has 0 radical (unpaired) electrons. The number of ether oxygens (including phenoxy) is 3. The Balaban J connectivity index is 1.72. The van der Waals surface area contributed by atoms with E-state index in [1.165, 1.54) is 0 Å². The molecule has 1 aliphatic carbocycles. The topological polar surface area (TPSA) is 175 Å². The Bertz CT molecular complexity index is 1200. The van der Waals surface area contributed by atoms with Crippen molar-refractivity contribution in [3.05, 3.63) is 58.0 Å². The first-order valence-electron chi connectivity index (χ1n) is 13.0. The normalized spacial score (nSPS) is 18.0. The lowest BCUT2D eigenvalue weighted by molar-refractivity contribution is -0.142. The summed E-state index contributed by atoms with van der Waals surface area (Å²) in [4.78, 5) is 35.8. The standard InChI is InChI=1S/C27H40N4O8S/c1-19-15-27(3,16-20(2)24(19)40(35,36)31-22(17-28)25(33)37-4)39-14-8-11-23(32)29-12-13-30-26(34)38-18-21-9-6-5-7-10-21/h5-7,9-10,15,22,31H,8,11-14,16-18,28H2,1-4H3,(H,29,32)(H,30,34)/t22-,27?/m1/s1. The highest BCUT2D eigenvalue weighted by molar-refractivity contribution is 7.93. The molecule has 0 saturated heterocycles. The minimum absolute atomic E-state index is 0.0906. The van der Waals surface area contributed by atoms with Gasteiger partial charge in [0, 0.05) is 39.1 Å². The van der Waals surface area contributed by atoms with E-state index in [2.05, 4.69) is 20.1 Å². The summed E-state index contributed by atoms with van der Waals surface area (Å²) >= 11 is 0. The van der Waals surface area contributed by atoms with Gasteiger partial charge < -0.3 is 30.6 Å². The highest BCUT2D eigenvalue weighted by Gasteiger charge is 2.35. The van der Waals surface area contributed by atoms with Gasteiger partial charge in [0.2, 0.25) is 15.9 Å². The number of nitrogens with one attached hydrogen (secondary N) is 3. The van der Waals surface area contributed by atoms with Gasteiger partial charge in [-0.1, -0.05) is 30.3 Å². The zero-order valence-electron chi connectivity index (χ0n) is 23.4. The van der Waals surface area contributed by atoms with Gasteiger partial charge in [0.25, 0.3) is 0 Å². The van der Waals surface area contributed by atoms with Crippen LogP contribution in [0.15, 0.2) is 52.5 Å². The Kier molecular flexibility index (Phi) is 12.8. The van der Waals surface area contributed by atoms with Gasteiger partial charge in [-0.05, 0) is 50.0 Å². The maximum absolute atomic E-state index is 13.0. The molecule has 1 aromatic carbocycles. The van der Waals surface area contributed by atoms with E-state index in [9.17, 15) is 22.8 Å². The number of sulfonamides is 1. The van der Waals surface area contributed by atoms with Crippen molar-refractivity contribution >= 4 is 28.0 Å². The van der Waals surface area contributed by atoms with E-state index in [-0.39, 0.29) is 50.1 Å². The fraction of sp³-hybridized carbons (Fsp3) is 0.519. The van der Waals surface area contributed by atoms with Crippen LogP contribution in [0.4, 0.5) is 4.79 Å². The molecule has 0 bridgehead atoms. The Labute approximate surface area is 235 Å². The summed E-state index contributed by atoms with van der Waals surface area (Å²) in [5, 5.41) is 5.31. The van der Waals surface area contributed by atoms with Gasteiger partial charge in [0.15, 0.2) is 0 Å². The molecule has 0 spiro atoms. The van der Waals surface area contributed by atoms with Crippen molar-refractivity contribution < 1.29 is 37.0 Å². The number of allylic oxidation sites excluding steroid dienone is 1. The van der Waals surface area contributed by atoms with Gasteiger partial charge in [-0.25, -0.2) is 13.2 Å². The molecule has 2 rings (SSSR count). The molecule has 0 saturated carbocycles. The summed E-state index contributed by atoms with van der Waals surface area (Å²) in [6, 6.07) is 8.12. The number of methoxy groups -OCH3 is 1. The predicted octanol–water partition coefficient (Wildman–Crippen LogP) is 1.63. The Morgan fingerprint density at radius 1 is 1.10 bits per heavy atom. The zero-order valence-corrected chi connectivity index (χ0v) is 24.3. The van der Waals surface area contributed by atoms with Crippen LogP contribution in [0.5, 0.6) is 0 Å². The van der Waals surface area contributed by atoms with Gasteiger partial charge in [0.1, 0.15) is 12.6 Å². The zero-order chi connectivity index (χ0) is 29.8. The third-order valence-electron chi connectivity index (χ3n) is 6.08. The molecule has 1 aliphatic rings. The summed E-state index contributed by atoms with van der Waals surface area (Å²) in [6.45, 7) is 5.90. The summed E-state index contributed by atoms with van der Waals surface area (Å²) in [7, 11) is -2.87. The number of hydrogen-bond acceptors (Lipinski definition) is 9. The van der Waals surface area contributed by atoms with Crippen LogP contribution < -0.4 is 21.1 Å². The third-order valence-corrected chi connectivity index (χ3v) is 7.88.